The van der Waals surface area contributed by atoms with Gasteiger partial charge < -0.3 is 5.32 Å². The van der Waals surface area contributed by atoms with Gasteiger partial charge in [-0.05, 0) is 24.6 Å². The molecule has 1 amide bonds. The number of amides is 1. The Morgan fingerprint density at radius 3 is 2.86 bits per heavy atom. The molecule has 1 aromatic heterocycles. The maximum atomic E-state index is 12.1. The summed E-state index contributed by atoms with van der Waals surface area (Å²) in [6, 6.07) is 5.28. The van der Waals surface area contributed by atoms with Gasteiger partial charge in [-0.15, -0.1) is 11.3 Å². The first-order valence-corrected chi connectivity index (χ1v) is 7.97. The Balaban J connectivity index is 1.94. The molecule has 2 aromatic rings. The smallest absolute Gasteiger partial charge is 0.242 e. The Kier molecular flexibility index (Phi) is 5.58. The molecule has 0 aliphatic rings. The van der Waals surface area contributed by atoms with Crippen LogP contribution in [0.15, 0.2) is 29.8 Å². The number of hydrogen-bond donors (Lipinski definition) is 1. The Bertz CT molecular complexity index is 619. The van der Waals surface area contributed by atoms with Crippen LogP contribution in [-0.2, 0) is 4.79 Å². The Labute approximate surface area is 137 Å². The van der Waals surface area contributed by atoms with Crippen molar-refractivity contribution < 1.29 is 4.79 Å². The lowest BCUT2D eigenvalue weighted by molar-refractivity contribution is -0.117. The van der Waals surface area contributed by atoms with E-state index < -0.39 is 0 Å². The van der Waals surface area contributed by atoms with Gasteiger partial charge in [0.15, 0.2) is 5.13 Å². The summed E-state index contributed by atoms with van der Waals surface area (Å²) < 4.78 is 0. The molecular weight excluding hydrogens is 329 g/mol. The first-order chi connectivity index (χ1) is 9.99. The van der Waals surface area contributed by atoms with Gasteiger partial charge in [0.2, 0.25) is 5.91 Å². The first-order valence-electron chi connectivity index (χ1n) is 6.33. The molecule has 21 heavy (non-hydrogen) atoms. The number of carbonyl (C=O) groups is 1. The monoisotopic (exact) mass is 343 g/mol. The highest BCUT2D eigenvalue weighted by molar-refractivity contribution is 7.13. The predicted octanol–water partition coefficient (Wildman–Crippen LogP) is 3.76. The van der Waals surface area contributed by atoms with Gasteiger partial charge in [0, 0.05) is 34.7 Å². The number of aromatic nitrogens is 1. The topological polar surface area (TPSA) is 45.2 Å². The lowest BCUT2D eigenvalue weighted by atomic mass is 10.1. The fourth-order valence-corrected chi connectivity index (χ4v) is 3.01. The highest BCUT2D eigenvalue weighted by Gasteiger charge is 2.15. The van der Waals surface area contributed by atoms with Crippen LogP contribution in [0.3, 0.4) is 0 Å². The molecule has 1 unspecified atom stereocenters. The standard InChI is InChI=1S/C14H15Cl2N3OS/c1-9(11-4-3-10(15)7-12(11)16)18-8-13(20)19(2)14-17-5-6-21-14/h3-7,9,18H,8H2,1-2H3. The third-order valence-electron chi connectivity index (χ3n) is 3.07. The van der Waals surface area contributed by atoms with Gasteiger partial charge in [-0.1, -0.05) is 29.3 Å². The molecule has 4 nitrogen and oxygen atoms in total. The second-order valence-electron chi connectivity index (χ2n) is 4.54. The van der Waals surface area contributed by atoms with E-state index >= 15 is 0 Å². The van der Waals surface area contributed by atoms with E-state index in [1.54, 1.807) is 25.4 Å². The van der Waals surface area contributed by atoms with E-state index in [4.69, 9.17) is 23.2 Å². The fraction of sp³-hybridized carbons (Fsp3) is 0.286. The average molecular weight is 344 g/mol. The number of carbonyl (C=O) groups excluding carboxylic acids is 1. The van der Waals surface area contributed by atoms with Crippen molar-refractivity contribution in [2.45, 2.75) is 13.0 Å². The van der Waals surface area contributed by atoms with E-state index in [1.165, 1.54) is 16.2 Å². The minimum absolute atomic E-state index is 0.0524. The second-order valence-corrected chi connectivity index (χ2v) is 6.25. The van der Waals surface area contributed by atoms with Gasteiger partial charge in [0.25, 0.3) is 0 Å². The molecule has 7 heteroatoms. The zero-order valence-electron chi connectivity index (χ0n) is 11.6. The number of halogens is 2. The summed E-state index contributed by atoms with van der Waals surface area (Å²) in [5.74, 6) is -0.0538. The van der Waals surface area contributed by atoms with Gasteiger partial charge in [-0.3, -0.25) is 9.69 Å². The molecule has 1 aromatic carbocycles. The Morgan fingerprint density at radius 2 is 2.24 bits per heavy atom. The molecule has 1 heterocycles. The summed E-state index contributed by atoms with van der Waals surface area (Å²) in [5.41, 5.74) is 0.908. The molecule has 112 valence electrons. The van der Waals surface area contributed by atoms with Gasteiger partial charge in [-0.25, -0.2) is 4.98 Å². The first kappa shape index (κ1) is 16.2. The van der Waals surface area contributed by atoms with E-state index in [0.29, 0.717) is 15.2 Å². The van der Waals surface area contributed by atoms with Crippen LogP contribution in [0.4, 0.5) is 5.13 Å². The maximum absolute atomic E-state index is 12.1. The van der Waals surface area contributed by atoms with E-state index in [-0.39, 0.29) is 18.5 Å². The number of hydrogen-bond acceptors (Lipinski definition) is 4. The summed E-state index contributed by atoms with van der Waals surface area (Å²) in [5, 5.41) is 6.85. The van der Waals surface area contributed by atoms with Gasteiger partial charge in [-0.2, -0.15) is 0 Å². The van der Waals surface area contributed by atoms with Crippen molar-refractivity contribution in [2.75, 3.05) is 18.5 Å². The van der Waals surface area contributed by atoms with E-state index in [1.807, 2.05) is 18.4 Å². The van der Waals surface area contributed by atoms with Crippen LogP contribution in [0.25, 0.3) is 0 Å². The van der Waals surface area contributed by atoms with E-state index in [9.17, 15) is 4.79 Å². The summed E-state index contributed by atoms with van der Waals surface area (Å²) in [4.78, 5) is 17.7. The van der Waals surface area contributed by atoms with Crippen molar-refractivity contribution in [2.24, 2.45) is 0 Å². The normalized spacial score (nSPS) is 12.2. The van der Waals surface area contributed by atoms with Crippen LogP contribution in [-0.4, -0.2) is 24.5 Å². The van der Waals surface area contributed by atoms with Gasteiger partial charge in [0.1, 0.15) is 0 Å². The zero-order chi connectivity index (χ0) is 15.4. The Morgan fingerprint density at radius 1 is 1.48 bits per heavy atom. The molecule has 1 N–H and O–H groups in total. The highest BCUT2D eigenvalue weighted by Crippen LogP contribution is 2.26. The van der Waals surface area contributed by atoms with Crippen LogP contribution in [0.1, 0.15) is 18.5 Å². The molecule has 0 radical (unpaired) electrons. The number of nitrogens with one attached hydrogen (secondary N) is 1. The van der Waals surface area contributed by atoms with Crippen LogP contribution >= 0.6 is 34.5 Å². The maximum Gasteiger partial charge on any atom is 0.242 e. The average Bonchev–Trinajstić information content (AvgIpc) is 2.97. The summed E-state index contributed by atoms with van der Waals surface area (Å²) in [6.07, 6.45) is 1.67. The molecule has 1 atom stereocenters. The van der Waals surface area contributed by atoms with Crippen molar-refractivity contribution in [1.82, 2.24) is 10.3 Å². The molecule has 0 saturated carbocycles. The van der Waals surface area contributed by atoms with Crippen molar-refractivity contribution in [1.29, 1.82) is 0 Å². The molecule has 0 fully saturated rings. The number of nitrogens with zero attached hydrogens (tertiary/aromatic N) is 2. The molecule has 0 bridgehead atoms. The Hall–Kier alpha value is -1.14. The molecule has 2 rings (SSSR count). The highest BCUT2D eigenvalue weighted by atomic mass is 35.5. The van der Waals surface area contributed by atoms with Crippen LogP contribution < -0.4 is 10.2 Å². The van der Waals surface area contributed by atoms with E-state index in [2.05, 4.69) is 10.3 Å². The molecule has 0 aliphatic carbocycles. The number of benzene rings is 1. The van der Waals surface area contributed by atoms with Crippen LogP contribution in [0.5, 0.6) is 0 Å². The number of anilines is 1. The molecule has 0 saturated heterocycles. The molecule has 0 spiro atoms. The quantitative estimate of drug-likeness (QED) is 0.898. The van der Waals surface area contributed by atoms with E-state index in [0.717, 1.165) is 5.56 Å². The van der Waals surface area contributed by atoms with Crippen molar-refractivity contribution in [3.63, 3.8) is 0 Å². The minimum atomic E-state index is -0.0538. The molecular formula is C14H15Cl2N3OS. The minimum Gasteiger partial charge on any atom is -0.302 e. The zero-order valence-corrected chi connectivity index (χ0v) is 14.0. The fourth-order valence-electron chi connectivity index (χ4n) is 1.81. The molecule has 0 aliphatic heterocycles. The van der Waals surface area contributed by atoms with Crippen molar-refractivity contribution >= 4 is 45.6 Å². The lowest BCUT2D eigenvalue weighted by Crippen LogP contribution is -2.36. The third-order valence-corrected chi connectivity index (χ3v) is 4.48. The number of rotatable bonds is 5. The van der Waals surface area contributed by atoms with Crippen LogP contribution in [0, 0.1) is 0 Å². The third kappa shape index (κ3) is 4.17. The summed E-state index contributed by atoms with van der Waals surface area (Å²) in [7, 11) is 1.71. The SMILES string of the molecule is CC(NCC(=O)N(C)c1nccs1)c1ccc(Cl)cc1Cl. The summed E-state index contributed by atoms with van der Waals surface area (Å²) in [6.45, 7) is 2.15. The second kappa shape index (κ2) is 7.22. The number of likely N-dealkylation sites (N-methyl/N-ethyl adjacent to an activating group) is 1. The van der Waals surface area contributed by atoms with Gasteiger partial charge >= 0.3 is 0 Å². The van der Waals surface area contributed by atoms with Gasteiger partial charge in [0.05, 0.1) is 6.54 Å². The number of thiazole rings is 1. The summed E-state index contributed by atoms with van der Waals surface area (Å²) >= 11 is 13.5. The largest absolute Gasteiger partial charge is 0.302 e. The van der Waals surface area contributed by atoms with Crippen LogP contribution in [0.2, 0.25) is 10.0 Å². The van der Waals surface area contributed by atoms with Crippen molar-refractivity contribution in [3.05, 3.63) is 45.4 Å². The van der Waals surface area contributed by atoms with Crippen molar-refractivity contribution in [3.8, 4) is 0 Å². The lowest BCUT2D eigenvalue weighted by Gasteiger charge is -2.18. The predicted molar refractivity (Wildman–Crippen MR) is 88.4 cm³/mol.